The van der Waals surface area contributed by atoms with Crippen LogP contribution in [-0.2, 0) is 21.1 Å². The molecule has 36 heavy (non-hydrogen) atoms. The standard InChI is InChI=1S/C25H28ClN5O4S/c1-16-13-19(7-8-22(16)35-20-6-4-5-18(26)14-20)30-24-23-21(28-15-29-24)9-11-31(23)12-10-27-25(32)17(2)36(3,33)34/h4-8,13-15,17H,9-12H2,1-3H3,(H,27,32)(H,28,29,30). The zero-order chi connectivity index (χ0) is 25.9. The number of hydrogen-bond donors (Lipinski definition) is 2. The van der Waals surface area contributed by atoms with E-state index in [0.717, 1.165) is 47.6 Å². The molecule has 1 aliphatic rings. The van der Waals surface area contributed by atoms with Crippen LogP contribution in [0.2, 0.25) is 5.02 Å². The zero-order valence-corrected chi connectivity index (χ0v) is 21.9. The van der Waals surface area contributed by atoms with Gasteiger partial charge >= 0.3 is 0 Å². The number of sulfone groups is 1. The van der Waals surface area contributed by atoms with Gasteiger partial charge in [0.25, 0.3) is 0 Å². The van der Waals surface area contributed by atoms with Gasteiger partial charge in [0.05, 0.1) is 5.69 Å². The minimum atomic E-state index is -3.44. The first-order valence-corrected chi connectivity index (χ1v) is 13.8. The van der Waals surface area contributed by atoms with Crippen molar-refractivity contribution in [1.82, 2.24) is 15.3 Å². The zero-order valence-electron chi connectivity index (χ0n) is 20.3. The van der Waals surface area contributed by atoms with Crippen molar-refractivity contribution < 1.29 is 17.9 Å². The van der Waals surface area contributed by atoms with E-state index in [1.54, 1.807) is 12.1 Å². The summed E-state index contributed by atoms with van der Waals surface area (Å²) in [5, 5.41) is 5.61. The smallest absolute Gasteiger partial charge is 0.238 e. The lowest BCUT2D eigenvalue weighted by atomic mass is 10.2. The number of nitrogens with one attached hydrogen (secondary N) is 2. The summed E-state index contributed by atoms with van der Waals surface area (Å²) >= 11 is 6.05. The Morgan fingerprint density at radius 2 is 2.03 bits per heavy atom. The Kier molecular flexibility index (Phi) is 7.65. The van der Waals surface area contributed by atoms with Crippen LogP contribution in [0, 0.1) is 6.92 Å². The molecule has 0 radical (unpaired) electrons. The molecular formula is C25H28ClN5O4S. The summed E-state index contributed by atoms with van der Waals surface area (Å²) in [6.07, 6.45) is 3.34. The van der Waals surface area contributed by atoms with E-state index in [-0.39, 0.29) is 0 Å². The number of anilines is 3. The van der Waals surface area contributed by atoms with Gasteiger partial charge in [0.15, 0.2) is 15.7 Å². The number of carbonyl (C=O) groups is 1. The first-order chi connectivity index (χ1) is 17.1. The number of benzene rings is 2. The lowest BCUT2D eigenvalue weighted by Gasteiger charge is -2.22. The van der Waals surface area contributed by atoms with Crippen molar-refractivity contribution in [3.8, 4) is 11.5 Å². The van der Waals surface area contributed by atoms with E-state index < -0.39 is 21.0 Å². The monoisotopic (exact) mass is 529 g/mol. The largest absolute Gasteiger partial charge is 0.457 e. The average Bonchev–Trinajstić information content (AvgIpc) is 3.24. The van der Waals surface area contributed by atoms with E-state index in [4.69, 9.17) is 16.3 Å². The van der Waals surface area contributed by atoms with Crippen LogP contribution in [0.5, 0.6) is 11.5 Å². The highest BCUT2D eigenvalue weighted by Crippen LogP contribution is 2.35. The maximum absolute atomic E-state index is 12.1. The summed E-state index contributed by atoms with van der Waals surface area (Å²) in [5.74, 6) is 1.54. The van der Waals surface area contributed by atoms with E-state index in [1.807, 2.05) is 37.3 Å². The fraction of sp³-hybridized carbons (Fsp3) is 0.320. The van der Waals surface area contributed by atoms with E-state index in [9.17, 15) is 13.2 Å². The first-order valence-electron chi connectivity index (χ1n) is 11.5. The average molecular weight is 530 g/mol. The Hall–Kier alpha value is -3.37. The van der Waals surface area contributed by atoms with Gasteiger partial charge in [0.2, 0.25) is 5.91 Å². The Bertz CT molecular complexity index is 1380. The molecule has 3 aromatic rings. The van der Waals surface area contributed by atoms with Crippen molar-refractivity contribution in [3.63, 3.8) is 0 Å². The number of ether oxygens (including phenoxy) is 1. The van der Waals surface area contributed by atoms with E-state index in [0.29, 0.717) is 29.7 Å². The van der Waals surface area contributed by atoms with Gasteiger partial charge in [-0.1, -0.05) is 17.7 Å². The van der Waals surface area contributed by atoms with Crippen molar-refractivity contribution in [2.75, 3.05) is 36.1 Å². The van der Waals surface area contributed by atoms with Crippen LogP contribution >= 0.6 is 11.6 Å². The van der Waals surface area contributed by atoms with Crippen LogP contribution in [0.15, 0.2) is 48.8 Å². The molecule has 9 nitrogen and oxygen atoms in total. The lowest BCUT2D eigenvalue weighted by molar-refractivity contribution is -0.120. The predicted molar refractivity (Wildman–Crippen MR) is 141 cm³/mol. The molecule has 0 aliphatic carbocycles. The van der Waals surface area contributed by atoms with Gasteiger partial charge in [-0.05, 0) is 55.8 Å². The van der Waals surface area contributed by atoms with Gasteiger partial charge in [-0.2, -0.15) is 0 Å². The summed E-state index contributed by atoms with van der Waals surface area (Å²) < 4.78 is 29.2. The second-order valence-electron chi connectivity index (χ2n) is 8.68. The molecule has 0 bridgehead atoms. The van der Waals surface area contributed by atoms with Gasteiger partial charge < -0.3 is 20.3 Å². The topological polar surface area (TPSA) is 114 Å². The molecule has 1 aromatic heterocycles. The minimum Gasteiger partial charge on any atom is -0.457 e. The SMILES string of the molecule is Cc1cc(Nc2ncnc3c2N(CCNC(=O)C(C)S(C)(=O)=O)CC3)ccc1Oc1cccc(Cl)c1. The number of fused-ring (bicyclic) bond motifs is 1. The molecule has 11 heteroatoms. The molecule has 0 fully saturated rings. The van der Waals surface area contributed by atoms with Crippen LogP contribution in [0.3, 0.4) is 0 Å². The molecule has 2 N–H and O–H groups in total. The van der Waals surface area contributed by atoms with E-state index >= 15 is 0 Å². The Balaban J connectivity index is 1.44. The van der Waals surface area contributed by atoms with Crippen molar-refractivity contribution in [2.24, 2.45) is 0 Å². The summed E-state index contributed by atoms with van der Waals surface area (Å²) in [6.45, 7) is 4.89. The Labute approximate surface area is 215 Å². The third-order valence-corrected chi connectivity index (χ3v) is 7.72. The highest BCUT2D eigenvalue weighted by Gasteiger charge is 2.26. The molecule has 0 saturated heterocycles. The van der Waals surface area contributed by atoms with Crippen LogP contribution in [0.4, 0.5) is 17.2 Å². The number of nitrogens with zero attached hydrogens (tertiary/aromatic N) is 3. The van der Waals surface area contributed by atoms with E-state index in [1.165, 1.54) is 13.3 Å². The number of hydrogen-bond acceptors (Lipinski definition) is 8. The second-order valence-corrected chi connectivity index (χ2v) is 11.5. The summed E-state index contributed by atoms with van der Waals surface area (Å²) in [5.41, 5.74) is 3.57. The number of aryl methyl sites for hydroxylation is 1. The molecule has 1 aliphatic heterocycles. The summed E-state index contributed by atoms with van der Waals surface area (Å²) in [6, 6.07) is 13.0. The van der Waals surface area contributed by atoms with Crippen LogP contribution in [-0.4, -0.2) is 55.4 Å². The quantitative estimate of drug-likeness (QED) is 0.429. The number of halogens is 1. The van der Waals surface area contributed by atoms with Gasteiger partial charge in [-0.25, -0.2) is 18.4 Å². The normalized spacial score (nSPS) is 13.7. The molecule has 4 rings (SSSR count). The van der Waals surface area contributed by atoms with E-state index in [2.05, 4.69) is 25.5 Å². The Morgan fingerprint density at radius 3 is 2.75 bits per heavy atom. The molecule has 0 saturated carbocycles. The van der Waals surface area contributed by atoms with Gasteiger partial charge in [-0.15, -0.1) is 0 Å². The first kappa shape index (κ1) is 25.7. The Morgan fingerprint density at radius 1 is 1.22 bits per heavy atom. The maximum Gasteiger partial charge on any atom is 0.238 e. The second kappa shape index (κ2) is 10.7. The number of aromatic nitrogens is 2. The minimum absolute atomic E-state index is 0.307. The number of carbonyl (C=O) groups excluding carboxylic acids is 1. The predicted octanol–water partition coefficient (Wildman–Crippen LogP) is 3.89. The molecular weight excluding hydrogens is 502 g/mol. The third kappa shape index (κ3) is 6.06. The maximum atomic E-state index is 12.1. The molecule has 2 heterocycles. The number of amides is 1. The van der Waals surface area contributed by atoms with Gasteiger partial charge in [0, 0.05) is 43.0 Å². The highest BCUT2D eigenvalue weighted by atomic mass is 35.5. The molecule has 1 atom stereocenters. The summed E-state index contributed by atoms with van der Waals surface area (Å²) in [4.78, 5) is 23.1. The van der Waals surface area contributed by atoms with Crippen molar-refractivity contribution in [1.29, 1.82) is 0 Å². The van der Waals surface area contributed by atoms with Crippen molar-refractivity contribution in [2.45, 2.75) is 25.5 Å². The molecule has 190 valence electrons. The highest BCUT2D eigenvalue weighted by molar-refractivity contribution is 7.92. The number of rotatable bonds is 9. The third-order valence-electron chi connectivity index (χ3n) is 5.99. The van der Waals surface area contributed by atoms with Crippen molar-refractivity contribution >= 4 is 44.5 Å². The fourth-order valence-electron chi connectivity index (χ4n) is 3.89. The van der Waals surface area contributed by atoms with Crippen LogP contribution < -0.4 is 20.3 Å². The van der Waals surface area contributed by atoms with Gasteiger partial charge in [0.1, 0.15) is 28.8 Å². The summed E-state index contributed by atoms with van der Waals surface area (Å²) in [7, 11) is -3.44. The molecule has 1 amide bonds. The van der Waals surface area contributed by atoms with Gasteiger partial charge in [-0.3, -0.25) is 4.79 Å². The van der Waals surface area contributed by atoms with Crippen molar-refractivity contribution in [3.05, 3.63) is 65.1 Å². The molecule has 2 aromatic carbocycles. The molecule has 1 unspecified atom stereocenters. The molecule has 0 spiro atoms. The fourth-order valence-corrected chi connectivity index (χ4v) is 4.54. The van der Waals surface area contributed by atoms with Crippen LogP contribution in [0.25, 0.3) is 0 Å². The lowest BCUT2D eigenvalue weighted by Crippen LogP contribution is -2.41. The van der Waals surface area contributed by atoms with Crippen LogP contribution in [0.1, 0.15) is 18.2 Å².